The minimum atomic E-state index is -3.41. The monoisotopic (exact) mass is 394 g/mol. The van der Waals surface area contributed by atoms with Gasteiger partial charge in [0.1, 0.15) is 0 Å². The van der Waals surface area contributed by atoms with Gasteiger partial charge in [-0.2, -0.15) is 4.31 Å². The normalized spacial score (nSPS) is 22.4. The van der Waals surface area contributed by atoms with Crippen molar-refractivity contribution in [2.24, 2.45) is 0 Å². The van der Waals surface area contributed by atoms with Crippen LogP contribution in [0.1, 0.15) is 44.6 Å². The summed E-state index contributed by atoms with van der Waals surface area (Å²) in [5.74, 6) is 0.131. The molecule has 7 heteroatoms. The minimum Gasteiger partial charge on any atom is -0.375 e. The summed E-state index contributed by atoms with van der Waals surface area (Å²) >= 11 is 0. The minimum absolute atomic E-state index is 0.0891. The first-order valence-electron chi connectivity index (χ1n) is 9.95. The quantitative estimate of drug-likeness (QED) is 0.769. The highest BCUT2D eigenvalue weighted by Gasteiger charge is 2.25. The van der Waals surface area contributed by atoms with E-state index in [4.69, 9.17) is 4.74 Å². The molecule has 1 amide bonds. The molecule has 0 saturated carbocycles. The van der Waals surface area contributed by atoms with Crippen LogP contribution in [0.25, 0.3) is 0 Å². The topological polar surface area (TPSA) is 66.9 Å². The van der Waals surface area contributed by atoms with Crippen LogP contribution in [0.4, 0.5) is 0 Å². The van der Waals surface area contributed by atoms with Crippen molar-refractivity contribution in [1.29, 1.82) is 0 Å². The maximum Gasteiger partial charge on any atom is 0.243 e. The summed E-state index contributed by atoms with van der Waals surface area (Å²) in [4.78, 5) is 14.6. The summed E-state index contributed by atoms with van der Waals surface area (Å²) in [5, 5.41) is 0. The molecule has 1 aromatic carbocycles. The van der Waals surface area contributed by atoms with Gasteiger partial charge in [-0.3, -0.25) is 4.79 Å². The Morgan fingerprint density at radius 2 is 1.74 bits per heavy atom. The fourth-order valence-corrected chi connectivity index (χ4v) is 5.23. The van der Waals surface area contributed by atoms with Crippen molar-refractivity contribution in [2.75, 3.05) is 32.8 Å². The van der Waals surface area contributed by atoms with Gasteiger partial charge >= 0.3 is 0 Å². The van der Waals surface area contributed by atoms with Crippen molar-refractivity contribution in [1.82, 2.24) is 9.21 Å². The second-order valence-corrected chi connectivity index (χ2v) is 9.42. The van der Waals surface area contributed by atoms with E-state index < -0.39 is 10.0 Å². The summed E-state index contributed by atoms with van der Waals surface area (Å²) in [6, 6.07) is 7.02. The molecule has 2 aliphatic rings. The highest BCUT2D eigenvalue weighted by Crippen LogP contribution is 2.21. The Morgan fingerprint density at radius 3 is 2.37 bits per heavy atom. The van der Waals surface area contributed by atoms with E-state index >= 15 is 0 Å². The van der Waals surface area contributed by atoms with E-state index in [0.717, 1.165) is 31.2 Å². The molecule has 0 aliphatic carbocycles. The number of sulfonamides is 1. The molecule has 3 rings (SSSR count). The van der Waals surface area contributed by atoms with Gasteiger partial charge in [-0.15, -0.1) is 0 Å². The van der Waals surface area contributed by atoms with Gasteiger partial charge in [0.2, 0.25) is 15.9 Å². The number of carbonyl (C=O) groups is 1. The standard InChI is InChI=1S/C20H30N2O4S/c1-17-16-21(14-15-26-17)20(23)11-8-18-6-9-19(10-7-18)27(24,25)22-12-4-2-3-5-13-22/h6-7,9-10,17H,2-5,8,11-16H2,1H3. The Kier molecular flexibility index (Phi) is 6.89. The van der Waals surface area contributed by atoms with Crippen molar-refractivity contribution in [2.45, 2.75) is 56.4 Å². The molecule has 0 spiro atoms. The summed E-state index contributed by atoms with van der Waals surface area (Å²) in [6.07, 6.45) is 5.20. The first-order chi connectivity index (χ1) is 13.0. The van der Waals surface area contributed by atoms with Crippen LogP contribution >= 0.6 is 0 Å². The average molecular weight is 395 g/mol. The largest absolute Gasteiger partial charge is 0.375 e. The number of benzene rings is 1. The van der Waals surface area contributed by atoms with Gasteiger partial charge < -0.3 is 9.64 Å². The molecule has 0 N–H and O–H groups in total. The van der Waals surface area contributed by atoms with Crippen LogP contribution in [0.2, 0.25) is 0 Å². The fourth-order valence-electron chi connectivity index (χ4n) is 3.71. The smallest absolute Gasteiger partial charge is 0.243 e. The zero-order valence-corrected chi connectivity index (χ0v) is 16.9. The van der Waals surface area contributed by atoms with Gasteiger partial charge in [-0.1, -0.05) is 25.0 Å². The van der Waals surface area contributed by atoms with Gasteiger partial charge in [-0.05, 0) is 43.9 Å². The Bertz CT molecular complexity index is 725. The molecule has 1 aromatic rings. The highest BCUT2D eigenvalue weighted by atomic mass is 32.2. The van der Waals surface area contributed by atoms with Crippen LogP contribution in [-0.4, -0.2) is 62.4 Å². The Balaban J connectivity index is 1.57. The van der Waals surface area contributed by atoms with Crippen molar-refractivity contribution in [3.05, 3.63) is 29.8 Å². The van der Waals surface area contributed by atoms with Gasteiger partial charge in [-0.25, -0.2) is 8.42 Å². The number of hydrogen-bond donors (Lipinski definition) is 0. The molecule has 2 fully saturated rings. The molecule has 1 unspecified atom stereocenters. The Hall–Kier alpha value is -1.44. The number of aryl methyl sites for hydroxylation is 1. The van der Waals surface area contributed by atoms with Crippen LogP contribution in [0.15, 0.2) is 29.2 Å². The predicted molar refractivity (Wildman–Crippen MR) is 104 cm³/mol. The van der Waals surface area contributed by atoms with Gasteiger partial charge in [0.15, 0.2) is 0 Å². The lowest BCUT2D eigenvalue weighted by molar-refractivity contribution is -0.138. The van der Waals surface area contributed by atoms with E-state index in [1.54, 1.807) is 16.4 Å². The van der Waals surface area contributed by atoms with Crippen molar-refractivity contribution >= 4 is 15.9 Å². The zero-order chi connectivity index (χ0) is 19.3. The zero-order valence-electron chi connectivity index (χ0n) is 16.1. The summed E-state index contributed by atoms with van der Waals surface area (Å²) in [5.41, 5.74) is 0.986. The number of ether oxygens (including phenoxy) is 1. The van der Waals surface area contributed by atoms with Crippen LogP contribution in [0, 0.1) is 0 Å². The third kappa shape index (κ3) is 5.30. The number of hydrogen-bond acceptors (Lipinski definition) is 4. The third-order valence-corrected chi connectivity index (χ3v) is 7.26. The van der Waals surface area contributed by atoms with Gasteiger partial charge in [0, 0.05) is 32.6 Å². The van der Waals surface area contributed by atoms with Crippen LogP contribution < -0.4 is 0 Å². The molecule has 2 saturated heterocycles. The maximum absolute atomic E-state index is 12.8. The summed E-state index contributed by atoms with van der Waals surface area (Å²) in [7, 11) is -3.41. The van der Waals surface area contributed by atoms with Crippen molar-refractivity contribution < 1.29 is 17.9 Å². The number of nitrogens with zero attached hydrogens (tertiary/aromatic N) is 2. The molecule has 0 bridgehead atoms. The first kappa shape index (κ1) is 20.3. The van der Waals surface area contributed by atoms with Crippen LogP contribution in [0.5, 0.6) is 0 Å². The van der Waals surface area contributed by atoms with Crippen molar-refractivity contribution in [3.8, 4) is 0 Å². The van der Waals surface area contributed by atoms with Crippen LogP contribution in [-0.2, 0) is 26.0 Å². The van der Waals surface area contributed by atoms with E-state index in [0.29, 0.717) is 50.5 Å². The van der Waals surface area contributed by atoms with Crippen molar-refractivity contribution in [3.63, 3.8) is 0 Å². The Labute approximate surface area is 162 Å². The molecule has 0 aromatic heterocycles. The number of carbonyl (C=O) groups excluding carboxylic acids is 1. The van der Waals surface area contributed by atoms with E-state index in [2.05, 4.69) is 0 Å². The van der Waals surface area contributed by atoms with E-state index in [1.807, 2.05) is 24.0 Å². The molecular formula is C20H30N2O4S. The predicted octanol–water partition coefficient (Wildman–Crippen LogP) is 2.43. The molecule has 6 nitrogen and oxygen atoms in total. The SMILES string of the molecule is CC1CN(C(=O)CCc2ccc(S(=O)(=O)N3CCCCCC3)cc2)CCO1. The lowest BCUT2D eigenvalue weighted by Crippen LogP contribution is -2.44. The molecule has 0 radical (unpaired) electrons. The molecule has 150 valence electrons. The van der Waals surface area contributed by atoms with E-state index in [-0.39, 0.29) is 12.0 Å². The molecule has 2 aliphatic heterocycles. The van der Waals surface area contributed by atoms with E-state index in [9.17, 15) is 13.2 Å². The lowest BCUT2D eigenvalue weighted by Gasteiger charge is -2.31. The molecule has 2 heterocycles. The highest BCUT2D eigenvalue weighted by molar-refractivity contribution is 7.89. The Morgan fingerprint density at radius 1 is 1.07 bits per heavy atom. The first-order valence-corrected chi connectivity index (χ1v) is 11.4. The fraction of sp³-hybridized carbons (Fsp3) is 0.650. The lowest BCUT2D eigenvalue weighted by atomic mass is 10.1. The number of rotatable bonds is 5. The van der Waals surface area contributed by atoms with Crippen LogP contribution in [0.3, 0.4) is 0 Å². The van der Waals surface area contributed by atoms with E-state index in [1.165, 1.54) is 0 Å². The number of morpholine rings is 1. The van der Waals surface area contributed by atoms with Gasteiger partial charge in [0.25, 0.3) is 0 Å². The van der Waals surface area contributed by atoms with Gasteiger partial charge in [0.05, 0.1) is 17.6 Å². The molecular weight excluding hydrogens is 364 g/mol. The maximum atomic E-state index is 12.8. The molecule has 1 atom stereocenters. The third-order valence-electron chi connectivity index (χ3n) is 5.35. The average Bonchev–Trinajstić information content (AvgIpc) is 2.96. The summed E-state index contributed by atoms with van der Waals surface area (Å²) < 4.78 is 32.7. The summed E-state index contributed by atoms with van der Waals surface area (Å²) in [6.45, 7) is 5.08. The molecule has 27 heavy (non-hydrogen) atoms. The second kappa shape index (κ2) is 9.17. The number of amides is 1. The second-order valence-electron chi connectivity index (χ2n) is 7.48.